The Morgan fingerprint density at radius 1 is 1.27 bits per heavy atom. The van der Waals surface area contributed by atoms with E-state index < -0.39 is 0 Å². The molecule has 0 aromatic heterocycles. The third kappa shape index (κ3) is 4.31. The average molecular weight is 212 g/mol. The van der Waals surface area contributed by atoms with Crippen LogP contribution in [0, 0.1) is 0 Å². The van der Waals surface area contributed by atoms with Crippen LogP contribution in [0.5, 0.6) is 0 Å². The summed E-state index contributed by atoms with van der Waals surface area (Å²) in [6.45, 7) is 11.9. The maximum absolute atomic E-state index is 11.0. The van der Waals surface area contributed by atoms with Gasteiger partial charge in [0.05, 0.1) is 0 Å². The van der Waals surface area contributed by atoms with Gasteiger partial charge in [0.1, 0.15) is 5.78 Å². The average Bonchev–Trinajstić information content (AvgIpc) is 2.18. The van der Waals surface area contributed by atoms with Crippen LogP contribution in [0.25, 0.3) is 0 Å². The zero-order valence-corrected chi connectivity index (χ0v) is 10.3. The smallest absolute Gasteiger partial charge is 0.131 e. The molecule has 88 valence electrons. The highest BCUT2D eigenvalue weighted by atomic mass is 16.1. The zero-order valence-electron chi connectivity index (χ0n) is 10.3. The fourth-order valence-corrected chi connectivity index (χ4v) is 2.29. The zero-order chi connectivity index (χ0) is 11.3. The molecule has 1 heterocycles. The molecule has 0 saturated carbocycles. The van der Waals surface area contributed by atoms with E-state index in [1.807, 2.05) is 0 Å². The van der Waals surface area contributed by atoms with Gasteiger partial charge in [-0.1, -0.05) is 6.92 Å². The van der Waals surface area contributed by atoms with Gasteiger partial charge in [-0.3, -0.25) is 9.69 Å². The lowest BCUT2D eigenvalue weighted by atomic mass is 10.1. The molecule has 0 spiro atoms. The minimum Gasteiger partial charge on any atom is -0.301 e. The molecular formula is C12H24N2O. The summed E-state index contributed by atoms with van der Waals surface area (Å²) in [5.74, 6) is 0.304. The van der Waals surface area contributed by atoms with Gasteiger partial charge in [-0.2, -0.15) is 0 Å². The van der Waals surface area contributed by atoms with Crippen molar-refractivity contribution < 1.29 is 4.79 Å². The van der Waals surface area contributed by atoms with Gasteiger partial charge in [-0.05, 0) is 26.8 Å². The molecule has 1 aliphatic rings. The lowest BCUT2D eigenvalue weighted by molar-refractivity contribution is -0.118. The number of ketones is 1. The Kier molecular flexibility index (Phi) is 5.26. The van der Waals surface area contributed by atoms with E-state index in [4.69, 9.17) is 0 Å². The van der Waals surface area contributed by atoms with Crippen molar-refractivity contribution in [2.75, 3.05) is 32.7 Å². The van der Waals surface area contributed by atoms with Crippen LogP contribution in [0.3, 0.4) is 0 Å². The van der Waals surface area contributed by atoms with Crippen molar-refractivity contribution in [1.29, 1.82) is 0 Å². The summed E-state index contributed by atoms with van der Waals surface area (Å²) in [5.41, 5.74) is 0. The maximum Gasteiger partial charge on any atom is 0.131 e. The van der Waals surface area contributed by atoms with Crippen LogP contribution < -0.4 is 0 Å². The van der Waals surface area contributed by atoms with E-state index in [0.717, 1.165) is 26.2 Å². The Morgan fingerprint density at radius 3 is 2.33 bits per heavy atom. The van der Waals surface area contributed by atoms with Gasteiger partial charge in [0, 0.05) is 38.6 Å². The Bertz CT molecular complexity index is 198. The van der Waals surface area contributed by atoms with Gasteiger partial charge >= 0.3 is 0 Å². The van der Waals surface area contributed by atoms with E-state index in [2.05, 4.69) is 23.6 Å². The third-order valence-corrected chi connectivity index (χ3v) is 3.15. The van der Waals surface area contributed by atoms with E-state index in [0.29, 0.717) is 18.2 Å². The Balaban J connectivity index is 2.27. The standard InChI is InChI=1S/C12H24N2O/c1-4-5-13-6-8-14(9-7-13)11(2)10-12(3)15/h11H,4-10H2,1-3H3. The normalized spacial score (nSPS) is 21.5. The molecule has 1 unspecified atom stereocenters. The van der Waals surface area contributed by atoms with Crippen LogP contribution >= 0.6 is 0 Å². The van der Waals surface area contributed by atoms with Crippen molar-refractivity contribution in [3.05, 3.63) is 0 Å². The minimum absolute atomic E-state index is 0.304. The Morgan fingerprint density at radius 2 is 1.87 bits per heavy atom. The first-order chi connectivity index (χ1) is 7.13. The monoisotopic (exact) mass is 212 g/mol. The number of Topliss-reactive ketones (excluding diaryl/α,β-unsaturated/α-hetero) is 1. The Hall–Kier alpha value is -0.410. The fraction of sp³-hybridized carbons (Fsp3) is 0.917. The van der Waals surface area contributed by atoms with Crippen molar-refractivity contribution >= 4 is 5.78 Å². The first-order valence-corrected chi connectivity index (χ1v) is 6.09. The largest absolute Gasteiger partial charge is 0.301 e. The molecule has 0 aromatic rings. The molecule has 1 aliphatic heterocycles. The highest BCUT2D eigenvalue weighted by Crippen LogP contribution is 2.09. The summed E-state index contributed by atoms with van der Waals surface area (Å²) in [7, 11) is 0. The predicted molar refractivity (Wildman–Crippen MR) is 63.1 cm³/mol. The fourth-order valence-electron chi connectivity index (χ4n) is 2.29. The van der Waals surface area contributed by atoms with E-state index in [9.17, 15) is 4.79 Å². The van der Waals surface area contributed by atoms with E-state index in [1.165, 1.54) is 13.0 Å². The number of hydrogen-bond donors (Lipinski definition) is 0. The molecule has 0 radical (unpaired) electrons. The van der Waals surface area contributed by atoms with Crippen molar-refractivity contribution in [3.63, 3.8) is 0 Å². The first kappa shape index (κ1) is 12.7. The minimum atomic E-state index is 0.304. The van der Waals surface area contributed by atoms with Crippen LogP contribution in [0.2, 0.25) is 0 Å². The van der Waals surface area contributed by atoms with Crippen molar-refractivity contribution in [3.8, 4) is 0 Å². The summed E-state index contributed by atoms with van der Waals surface area (Å²) >= 11 is 0. The second-order valence-corrected chi connectivity index (χ2v) is 4.63. The van der Waals surface area contributed by atoms with E-state index in [1.54, 1.807) is 6.92 Å². The molecule has 0 aromatic carbocycles. The molecule has 0 aliphatic carbocycles. The van der Waals surface area contributed by atoms with Crippen LogP contribution in [0.1, 0.15) is 33.6 Å². The highest BCUT2D eigenvalue weighted by molar-refractivity contribution is 5.76. The third-order valence-electron chi connectivity index (χ3n) is 3.15. The summed E-state index contributed by atoms with van der Waals surface area (Å²) in [5, 5.41) is 0. The molecule has 1 atom stereocenters. The molecule has 0 amide bonds. The van der Waals surface area contributed by atoms with E-state index in [-0.39, 0.29) is 0 Å². The van der Waals surface area contributed by atoms with Gasteiger partial charge in [0.25, 0.3) is 0 Å². The summed E-state index contributed by atoms with van der Waals surface area (Å²) < 4.78 is 0. The second-order valence-electron chi connectivity index (χ2n) is 4.63. The van der Waals surface area contributed by atoms with Gasteiger partial charge < -0.3 is 4.90 Å². The molecule has 1 saturated heterocycles. The van der Waals surface area contributed by atoms with Crippen molar-refractivity contribution in [2.45, 2.75) is 39.7 Å². The molecular weight excluding hydrogens is 188 g/mol. The summed E-state index contributed by atoms with van der Waals surface area (Å²) in [6.07, 6.45) is 1.94. The van der Waals surface area contributed by atoms with Crippen LogP contribution in [0.4, 0.5) is 0 Å². The highest BCUT2D eigenvalue weighted by Gasteiger charge is 2.20. The summed E-state index contributed by atoms with van der Waals surface area (Å²) in [6, 6.07) is 0.422. The van der Waals surface area contributed by atoms with Crippen molar-refractivity contribution in [1.82, 2.24) is 9.80 Å². The maximum atomic E-state index is 11.0. The molecule has 3 heteroatoms. The van der Waals surface area contributed by atoms with Gasteiger partial charge in [-0.25, -0.2) is 0 Å². The van der Waals surface area contributed by atoms with Gasteiger partial charge in [0.15, 0.2) is 0 Å². The number of rotatable bonds is 5. The number of piperazine rings is 1. The second kappa shape index (κ2) is 6.23. The van der Waals surface area contributed by atoms with Crippen LogP contribution in [-0.2, 0) is 4.79 Å². The molecule has 1 rings (SSSR count). The number of carbonyl (C=O) groups is 1. The van der Waals surface area contributed by atoms with E-state index >= 15 is 0 Å². The number of carbonyl (C=O) groups excluding carboxylic acids is 1. The first-order valence-electron chi connectivity index (χ1n) is 6.09. The molecule has 3 nitrogen and oxygen atoms in total. The number of hydrogen-bond acceptors (Lipinski definition) is 3. The van der Waals surface area contributed by atoms with Gasteiger partial charge in [-0.15, -0.1) is 0 Å². The van der Waals surface area contributed by atoms with Crippen LogP contribution in [0.15, 0.2) is 0 Å². The van der Waals surface area contributed by atoms with Crippen LogP contribution in [-0.4, -0.2) is 54.3 Å². The number of nitrogens with zero attached hydrogens (tertiary/aromatic N) is 2. The quantitative estimate of drug-likeness (QED) is 0.688. The molecule has 0 N–H and O–H groups in total. The van der Waals surface area contributed by atoms with Gasteiger partial charge in [0.2, 0.25) is 0 Å². The summed E-state index contributed by atoms with van der Waals surface area (Å²) in [4.78, 5) is 16.0. The molecule has 1 fully saturated rings. The predicted octanol–water partition coefficient (Wildman–Crippen LogP) is 1.38. The van der Waals surface area contributed by atoms with Crippen molar-refractivity contribution in [2.24, 2.45) is 0 Å². The lowest BCUT2D eigenvalue weighted by Gasteiger charge is -2.37. The topological polar surface area (TPSA) is 23.6 Å². The molecule has 15 heavy (non-hydrogen) atoms. The lowest BCUT2D eigenvalue weighted by Crippen LogP contribution is -2.49. The molecule has 0 bridgehead atoms. The SMILES string of the molecule is CCCN1CCN(C(C)CC(C)=O)CC1. The Labute approximate surface area is 93.4 Å².